The number of rotatable bonds is 6. The molecule has 3 N–H and O–H groups in total. The first-order chi connectivity index (χ1) is 9.35. The van der Waals surface area contributed by atoms with Gasteiger partial charge < -0.3 is 11.1 Å². The van der Waals surface area contributed by atoms with Crippen LogP contribution in [-0.2, 0) is 4.79 Å². The third-order valence-corrected chi connectivity index (χ3v) is 3.35. The number of benzene rings is 1. The summed E-state index contributed by atoms with van der Waals surface area (Å²) < 4.78 is 0. The number of nitrogens with zero attached hydrogens (tertiary/aromatic N) is 1. The fraction of sp³-hybridized carbons (Fsp3) is 0.500. The smallest absolute Gasteiger partial charge is 0.293 e. The van der Waals surface area contributed by atoms with E-state index in [1.165, 1.54) is 6.07 Å². The van der Waals surface area contributed by atoms with E-state index in [-0.39, 0.29) is 23.2 Å². The number of hydrogen-bond acceptors (Lipinski definition) is 4. The topological polar surface area (TPSA) is 98.3 Å². The van der Waals surface area contributed by atoms with Gasteiger partial charge in [0.15, 0.2) is 0 Å². The van der Waals surface area contributed by atoms with Crippen molar-refractivity contribution in [2.24, 2.45) is 11.7 Å². The third kappa shape index (κ3) is 4.31. The van der Waals surface area contributed by atoms with Crippen LogP contribution in [0.4, 0.5) is 11.4 Å². The second-order valence-corrected chi connectivity index (χ2v) is 5.14. The number of carbonyl (C=O) groups excluding carboxylic acids is 1. The van der Waals surface area contributed by atoms with Gasteiger partial charge in [-0.05, 0) is 49.9 Å². The highest BCUT2D eigenvalue weighted by Gasteiger charge is 2.17. The van der Waals surface area contributed by atoms with Crippen LogP contribution in [-0.4, -0.2) is 17.4 Å². The Morgan fingerprint density at radius 1 is 1.40 bits per heavy atom. The largest absolute Gasteiger partial charge is 0.330 e. The van der Waals surface area contributed by atoms with Crippen molar-refractivity contribution < 1.29 is 9.72 Å². The normalized spacial score (nSPS) is 12.0. The molecule has 1 unspecified atom stereocenters. The Labute approximate surface area is 118 Å². The van der Waals surface area contributed by atoms with Crippen molar-refractivity contribution in [1.29, 1.82) is 0 Å². The number of nitrogens with two attached hydrogens (primary N) is 1. The molecule has 0 aliphatic carbocycles. The number of nitrogens with one attached hydrogen (secondary N) is 1. The van der Waals surface area contributed by atoms with Crippen LogP contribution in [0.25, 0.3) is 0 Å². The van der Waals surface area contributed by atoms with Crippen molar-refractivity contribution in [2.75, 3.05) is 11.9 Å². The Balaban J connectivity index is 2.83. The summed E-state index contributed by atoms with van der Waals surface area (Å²) in [5, 5.41) is 13.6. The van der Waals surface area contributed by atoms with Gasteiger partial charge in [-0.25, -0.2) is 0 Å². The molecule has 6 nitrogen and oxygen atoms in total. The van der Waals surface area contributed by atoms with E-state index >= 15 is 0 Å². The number of hydrogen-bond donors (Lipinski definition) is 2. The van der Waals surface area contributed by atoms with Crippen LogP contribution in [0.15, 0.2) is 12.1 Å². The molecule has 0 radical (unpaired) electrons. The summed E-state index contributed by atoms with van der Waals surface area (Å²) in [4.78, 5) is 22.4. The summed E-state index contributed by atoms with van der Waals surface area (Å²) in [5.41, 5.74) is 7.40. The van der Waals surface area contributed by atoms with Crippen LogP contribution >= 0.6 is 0 Å². The molecule has 20 heavy (non-hydrogen) atoms. The standard InChI is InChI=1S/C14H21N3O3/c1-9(8-15)4-5-14(18)16-12-6-10(2)11(3)7-13(12)17(19)20/h6-7,9H,4-5,8,15H2,1-3H3,(H,16,18). The minimum absolute atomic E-state index is 0.0756. The van der Waals surface area contributed by atoms with Gasteiger partial charge in [0.05, 0.1) is 4.92 Å². The quantitative estimate of drug-likeness (QED) is 0.617. The fourth-order valence-corrected chi connectivity index (χ4v) is 1.76. The first-order valence-electron chi connectivity index (χ1n) is 6.60. The van der Waals surface area contributed by atoms with Gasteiger partial charge in [-0.1, -0.05) is 6.92 Å². The molecular formula is C14H21N3O3. The highest BCUT2D eigenvalue weighted by Crippen LogP contribution is 2.28. The maximum Gasteiger partial charge on any atom is 0.293 e. The third-order valence-electron chi connectivity index (χ3n) is 3.35. The van der Waals surface area contributed by atoms with Gasteiger partial charge >= 0.3 is 0 Å². The number of aryl methyl sites for hydroxylation is 2. The van der Waals surface area contributed by atoms with Crippen molar-refractivity contribution in [1.82, 2.24) is 0 Å². The molecule has 0 heterocycles. The van der Waals surface area contributed by atoms with Crippen molar-refractivity contribution >= 4 is 17.3 Å². The lowest BCUT2D eigenvalue weighted by Gasteiger charge is -2.10. The van der Waals surface area contributed by atoms with Gasteiger partial charge in [0, 0.05) is 12.5 Å². The lowest BCUT2D eigenvalue weighted by atomic mass is 10.1. The number of nitro groups is 1. The van der Waals surface area contributed by atoms with Crippen LogP contribution in [0.5, 0.6) is 0 Å². The summed E-state index contributed by atoms with van der Waals surface area (Å²) in [5.74, 6) is 0.0344. The molecule has 6 heteroatoms. The molecule has 0 saturated heterocycles. The Hall–Kier alpha value is -1.95. The second kappa shape index (κ2) is 7.00. The maximum atomic E-state index is 11.8. The zero-order chi connectivity index (χ0) is 15.3. The van der Waals surface area contributed by atoms with Crippen molar-refractivity contribution in [3.63, 3.8) is 0 Å². The van der Waals surface area contributed by atoms with E-state index in [4.69, 9.17) is 5.73 Å². The first kappa shape index (κ1) is 16.1. The molecule has 1 rings (SSSR count). The van der Waals surface area contributed by atoms with Gasteiger partial charge in [0.2, 0.25) is 5.91 Å². The molecule has 0 spiro atoms. The lowest BCUT2D eigenvalue weighted by molar-refractivity contribution is -0.384. The molecule has 1 aromatic rings. The number of nitro benzene ring substituents is 1. The number of amides is 1. The predicted molar refractivity (Wildman–Crippen MR) is 78.7 cm³/mol. The van der Waals surface area contributed by atoms with E-state index in [1.807, 2.05) is 13.8 Å². The van der Waals surface area contributed by atoms with Gasteiger partial charge in [0.25, 0.3) is 5.69 Å². The SMILES string of the molecule is Cc1cc(NC(=O)CCC(C)CN)c([N+](=O)[O-])cc1C. The van der Waals surface area contributed by atoms with Gasteiger partial charge in [-0.15, -0.1) is 0 Å². The molecule has 0 saturated carbocycles. The van der Waals surface area contributed by atoms with Crippen molar-refractivity contribution in [3.8, 4) is 0 Å². The summed E-state index contributed by atoms with van der Waals surface area (Å²) in [6.45, 7) is 6.14. The van der Waals surface area contributed by atoms with Crippen molar-refractivity contribution in [3.05, 3.63) is 33.4 Å². The highest BCUT2D eigenvalue weighted by atomic mass is 16.6. The van der Waals surface area contributed by atoms with E-state index < -0.39 is 4.92 Å². The molecule has 0 bridgehead atoms. The molecule has 0 aliphatic rings. The van der Waals surface area contributed by atoms with Crippen LogP contribution in [0.1, 0.15) is 30.9 Å². The molecule has 0 aliphatic heterocycles. The predicted octanol–water partition coefficient (Wildman–Crippen LogP) is 2.53. The summed E-state index contributed by atoms with van der Waals surface area (Å²) in [6, 6.07) is 3.12. The van der Waals surface area contributed by atoms with Crippen LogP contribution < -0.4 is 11.1 Å². The van der Waals surface area contributed by atoms with E-state index in [9.17, 15) is 14.9 Å². The zero-order valence-electron chi connectivity index (χ0n) is 12.1. The Bertz CT molecular complexity index is 515. The Kier molecular flexibility index (Phi) is 5.64. The Morgan fingerprint density at radius 2 is 2.00 bits per heavy atom. The van der Waals surface area contributed by atoms with Crippen molar-refractivity contribution in [2.45, 2.75) is 33.6 Å². The van der Waals surface area contributed by atoms with E-state index in [2.05, 4.69) is 5.32 Å². The average Bonchev–Trinajstić information content (AvgIpc) is 2.39. The van der Waals surface area contributed by atoms with Gasteiger partial charge in [-0.3, -0.25) is 14.9 Å². The number of anilines is 1. The lowest BCUT2D eigenvalue weighted by Crippen LogP contribution is -2.17. The zero-order valence-corrected chi connectivity index (χ0v) is 12.1. The van der Waals surface area contributed by atoms with E-state index in [1.54, 1.807) is 13.0 Å². The molecule has 1 aromatic carbocycles. The van der Waals surface area contributed by atoms with Gasteiger partial charge in [-0.2, -0.15) is 0 Å². The summed E-state index contributed by atoms with van der Waals surface area (Å²) in [6.07, 6.45) is 0.976. The average molecular weight is 279 g/mol. The molecule has 0 aromatic heterocycles. The molecular weight excluding hydrogens is 258 g/mol. The minimum atomic E-state index is -0.482. The monoisotopic (exact) mass is 279 g/mol. The molecule has 1 atom stereocenters. The van der Waals surface area contributed by atoms with Gasteiger partial charge in [0.1, 0.15) is 5.69 Å². The van der Waals surface area contributed by atoms with E-state index in [0.717, 1.165) is 11.1 Å². The fourth-order valence-electron chi connectivity index (χ4n) is 1.76. The number of carbonyl (C=O) groups is 1. The van der Waals surface area contributed by atoms with Crippen LogP contribution in [0, 0.1) is 29.9 Å². The minimum Gasteiger partial charge on any atom is -0.330 e. The molecule has 110 valence electrons. The maximum absolute atomic E-state index is 11.8. The van der Waals surface area contributed by atoms with Crippen LogP contribution in [0.2, 0.25) is 0 Å². The second-order valence-electron chi connectivity index (χ2n) is 5.14. The van der Waals surface area contributed by atoms with E-state index in [0.29, 0.717) is 19.4 Å². The summed E-state index contributed by atoms with van der Waals surface area (Å²) >= 11 is 0. The summed E-state index contributed by atoms with van der Waals surface area (Å²) in [7, 11) is 0. The molecule has 0 fully saturated rings. The molecule has 1 amide bonds. The first-order valence-corrected chi connectivity index (χ1v) is 6.60. The highest BCUT2D eigenvalue weighted by molar-refractivity contribution is 5.93. The van der Waals surface area contributed by atoms with Crippen LogP contribution in [0.3, 0.4) is 0 Å². The Morgan fingerprint density at radius 3 is 2.55 bits per heavy atom.